The molecular weight excluding hydrogens is 225 g/mol. The summed E-state index contributed by atoms with van der Waals surface area (Å²) >= 11 is 0. The second kappa shape index (κ2) is 3.66. The number of nitro groups is 1. The van der Waals surface area contributed by atoms with Crippen LogP contribution in [0, 0.1) is 27.6 Å². The van der Waals surface area contributed by atoms with E-state index in [-0.39, 0.29) is 6.04 Å². The van der Waals surface area contributed by atoms with Gasteiger partial charge in [-0.05, 0) is 12.8 Å². The normalized spacial score (nSPS) is 14.9. The minimum atomic E-state index is -1.70. The summed E-state index contributed by atoms with van der Waals surface area (Å²) < 4.78 is 39.0. The first-order valence-electron chi connectivity index (χ1n) is 4.59. The van der Waals surface area contributed by atoms with Crippen molar-refractivity contribution in [3.05, 3.63) is 33.6 Å². The van der Waals surface area contributed by atoms with Crippen LogP contribution in [0.25, 0.3) is 0 Å². The van der Waals surface area contributed by atoms with Gasteiger partial charge in [0.05, 0.1) is 11.0 Å². The van der Waals surface area contributed by atoms with E-state index in [2.05, 4.69) is 5.32 Å². The van der Waals surface area contributed by atoms with E-state index < -0.39 is 33.7 Å². The number of anilines is 1. The van der Waals surface area contributed by atoms with Crippen LogP contribution >= 0.6 is 0 Å². The van der Waals surface area contributed by atoms with Gasteiger partial charge in [0.25, 0.3) is 5.69 Å². The molecule has 2 rings (SSSR count). The predicted molar refractivity (Wildman–Crippen MR) is 49.6 cm³/mol. The summed E-state index contributed by atoms with van der Waals surface area (Å²) in [6, 6.07) is 0.279. The van der Waals surface area contributed by atoms with Crippen LogP contribution in [0.1, 0.15) is 12.8 Å². The Balaban J connectivity index is 2.51. The summed E-state index contributed by atoms with van der Waals surface area (Å²) in [5.74, 6) is -4.81. The van der Waals surface area contributed by atoms with Gasteiger partial charge in [-0.2, -0.15) is 0 Å². The van der Waals surface area contributed by atoms with E-state index in [1.54, 1.807) is 0 Å². The van der Waals surface area contributed by atoms with Crippen LogP contribution in [-0.4, -0.2) is 11.0 Å². The third kappa shape index (κ3) is 1.80. The summed E-state index contributed by atoms with van der Waals surface area (Å²) in [5.41, 5.74) is -1.37. The van der Waals surface area contributed by atoms with Crippen molar-refractivity contribution < 1.29 is 18.1 Å². The molecule has 0 amide bonds. The lowest BCUT2D eigenvalue weighted by molar-refractivity contribution is -0.384. The van der Waals surface area contributed by atoms with Gasteiger partial charge in [-0.1, -0.05) is 0 Å². The Kier molecular flexibility index (Phi) is 2.45. The minimum Gasteiger partial charge on any atom is -0.374 e. The highest BCUT2D eigenvalue weighted by Crippen LogP contribution is 2.35. The van der Waals surface area contributed by atoms with Crippen LogP contribution in [0.15, 0.2) is 6.07 Å². The van der Waals surface area contributed by atoms with E-state index in [0.717, 1.165) is 12.8 Å². The highest BCUT2D eigenvalue weighted by molar-refractivity contribution is 5.63. The molecule has 7 heteroatoms. The van der Waals surface area contributed by atoms with Crippen LogP contribution in [0.3, 0.4) is 0 Å². The Labute approximate surface area is 88.2 Å². The molecule has 0 atom stereocenters. The first-order chi connectivity index (χ1) is 7.50. The van der Waals surface area contributed by atoms with Crippen LogP contribution in [0.2, 0.25) is 0 Å². The lowest BCUT2D eigenvalue weighted by atomic mass is 10.2. The third-order valence-electron chi connectivity index (χ3n) is 2.26. The molecule has 0 aromatic heterocycles. The predicted octanol–water partition coefficient (Wildman–Crippen LogP) is 2.59. The number of nitrogens with zero attached hydrogens (tertiary/aromatic N) is 1. The van der Waals surface area contributed by atoms with Gasteiger partial charge in [-0.25, -0.2) is 13.2 Å². The largest absolute Gasteiger partial charge is 0.374 e. The zero-order valence-electron chi connectivity index (χ0n) is 7.97. The lowest BCUT2D eigenvalue weighted by Gasteiger charge is -2.07. The van der Waals surface area contributed by atoms with E-state index in [1.807, 2.05) is 0 Å². The number of benzene rings is 1. The molecule has 0 saturated heterocycles. The van der Waals surface area contributed by atoms with Crippen LogP contribution in [0.4, 0.5) is 24.5 Å². The first-order valence-corrected chi connectivity index (χ1v) is 4.59. The monoisotopic (exact) mass is 232 g/mol. The van der Waals surface area contributed by atoms with Gasteiger partial charge in [-0.15, -0.1) is 0 Å². The molecule has 0 radical (unpaired) electrons. The molecular formula is C9H7F3N2O2. The fraction of sp³-hybridized carbons (Fsp3) is 0.333. The van der Waals surface area contributed by atoms with Gasteiger partial charge < -0.3 is 5.32 Å². The second-order valence-corrected chi connectivity index (χ2v) is 3.56. The molecule has 1 aliphatic carbocycles. The standard InChI is InChI=1S/C9H7F3N2O2/c10-5-3-6(14(15)16)9(8(12)7(5)11)13-4-1-2-4/h3-4,13H,1-2H2. The zero-order valence-corrected chi connectivity index (χ0v) is 7.97. The molecule has 0 bridgehead atoms. The minimum absolute atomic E-state index is 0.0990. The van der Waals surface area contributed by atoms with Gasteiger partial charge in [-0.3, -0.25) is 10.1 Å². The van der Waals surface area contributed by atoms with Crippen molar-refractivity contribution in [1.29, 1.82) is 0 Å². The first kappa shape index (κ1) is 10.7. The number of rotatable bonds is 3. The van der Waals surface area contributed by atoms with E-state index in [9.17, 15) is 23.3 Å². The van der Waals surface area contributed by atoms with Crippen molar-refractivity contribution >= 4 is 11.4 Å². The average molecular weight is 232 g/mol. The van der Waals surface area contributed by atoms with Crippen LogP contribution in [-0.2, 0) is 0 Å². The molecule has 0 unspecified atom stereocenters. The third-order valence-corrected chi connectivity index (χ3v) is 2.26. The Bertz CT molecular complexity index is 461. The van der Waals surface area contributed by atoms with Crippen molar-refractivity contribution in [2.45, 2.75) is 18.9 Å². The van der Waals surface area contributed by atoms with Crippen LogP contribution in [0.5, 0.6) is 0 Å². The van der Waals surface area contributed by atoms with Gasteiger partial charge in [0.15, 0.2) is 23.1 Å². The van der Waals surface area contributed by atoms with Gasteiger partial charge >= 0.3 is 0 Å². The zero-order chi connectivity index (χ0) is 11.9. The summed E-state index contributed by atoms with van der Waals surface area (Å²) in [6.45, 7) is 0. The van der Waals surface area contributed by atoms with Crippen LogP contribution < -0.4 is 5.32 Å². The van der Waals surface area contributed by atoms with Crippen molar-refractivity contribution in [2.24, 2.45) is 0 Å². The Hall–Kier alpha value is -1.79. The van der Waals surface area contributed by atoms with Gasteiger partial charge in [0, 0.05) is 6.04 Å². The fourth-order valence-electron chi connectivity index (χ4n) is 1.30. The SMILES string of the molecule is O=[N+]([O-])c1cc(F)c(F)c(F)c1NC1CC1. The van der Waals surface area contributed by atoms with Crippen molar-refractivity contribution in [3.8, 4) is 0 Å². The smallest absolute Gasteiger partial charge is 0.298 e. The molecule has 16 heavy (non-hydrogen) atoms. The van der Waals surface area contributed by atoms with Gasteiger partial charge in [0.2, 0.25) is 0 Å². The number of hydrogen-bond donors (Lipinski definition) is 1. The molecule has 86 valence electrons. The Morgan fingerprint density at radius 2 is 1.94 bits per heavy atom. The molecule has 0 aliphatic heterocycles. The van der Waals surface area contributed by atoms with E-state index >= 15 is 0 Å². The summed E-state index contributed by atoms with van der Waals surface area (Å²) in [6.07, 6.45) is 1.46. The quantitative estimate of drug-likeness (QED) is 0.495. The summed E-state index contributed by atoms with van der Waals surface area (Å²) in [5, 5.41) is 13.0. The summed E-state index contributed by atoms with van der Waals surface area (Å²) in [4.78, 5) is 9.60. The highest BCUT2D eigenvalue weighted by atomic mass is 19.2. The number of hydrogen-bond acceptors (Lipinski definition) is 3. The maximum absolute atomic E-state index is 13.3. The van der Waals surface area contributed by atoms with E-state index in [0.29, 0.717) is 6.07 Å². The molecule has 1 aliphatic rings. The van der Waals surface area contributed by atoms with Crippen molar-refractivity contribution in [2.75, 3.05) is 5.32 Å². The maximum atomic E-state index is 13.3. The van der Waals surface area contributed by atoms with E-state index in [1.165, 1.54) is 0 Å². The molecule has 0 spiro atoms. The molecule has 4 nitrogen and oxygen atoms in total. The molecule has 1 N–H and O–H groups in total. The number of halogens is 3. The fourth-order valence-corrected chi connectivity index (χ4v) is 1.30. The molecule has 1 saturated carbocycles. The number of nitro benzene ring substituents is 1. The average Bonchev–Trinajstić information content (AvgIpc) is 3.02. The van der Waals surface area contributed by atoms with Crippen molar-refractivity contribution in [3.63, 3.8) is 0 Å². The second-order valence-electron chi connectivity index (χ2n) is 3.56. The Morgan fingerprint density at radius 1 is 1.31 bits per heavy atom. The van der Waals surface area contributed by atoms with Gasteiger partial charge in [0.1, 0.15) is 0 Å². The maximum Gasteiger partial charge on any atom is 0.298 e. The van der Waals surface area contributed by atoms with E-state index in [4.69, 9.17) is 0 Å². The highest BCUT2D eigenvalue weighted by Gasteiger charge is 2.30. The molecule has 1 aromatic carbocycles. The lowest BCUT2D eigenvalue weighted by Crippen LogP contribution is -2.09. The van der Waals surface area contributed by atoms with Crippen molar-refractivity contribution in [1.82, 2.24) is 0 Å². The number of nitrogens with one attached hydrogen (secondary N) is 1. The molecule has 1 aromatic rings. The Morgan fingerprint density at radius 3 is 2.44 bits per heavy atom. The summed E-state index contributed by atoms with van der Waals surface area (Å²) in [7, 11) is 0. The topological polar surface area (TPSA) is 55.2 Å². The molecule has 1 fully saturated rings. The molecule has 0 heterocycles.